The summed E-state index contributed by atoms with van der Waals surface area (Å²) in [5.74, 6) is 0.266. The number of nitrogens with zero attached hydrogens (tertiary/aromatic N) is 1. The van der Waals surface area contributed by atoms with Crippen molar-refractivity contribution in [2.24, 2.45) is 5.16 Å². The summed E-state index contributed by atoms with van der Waals surface area (Å²) in [4.78, 5) is 0. The average molecular weight is 295 g/mol. The summed E-state index contributed by atoms with van der Waals surface area (Å²) >= 11 is 0. The third-order valence-electron chi connectivity index (χ3n) is 3.57. The van der Waals surface area contributed by atoms with Gasteiger partial charge >= 0.3 is 0 Å². The average Bonchev–Trinajstić information content (AvgIpc) is 2.52. The molecule has 0 unspecified atom stereocenters. The normalized spacial score (nSPS) is 12.0. The lowest BCUT2D eigenvalue weighted by molar-refractivity contribution is 0.318. The van der Waals surface area contributed by atoms with Crippen LogP contribution in [0.1, 0.15) is 28.7 Å². The fourth-order valence-electron chi connectivity index (χ4n) is 2.39. The standard InChI is InChI=1S/C19H21NO2/c1-14-12-15(2)19(21)17(13-14)9-11-18(20-22)10-8-16-6-4-3-5-7-16/h3-7,9,11-13,21-22H,8,10H2,1-2H3/b11-9?,20-18+. The Morgan fingerprint density at radius 1 is 1.14 bits per heavy atom. The predicted molar refractivity (Wildman–Crippen MR) is 90.6 cm³/mol. The summed E-state index contributed by atoms with van der Waals surface area (Å²) in [6.07, 6.45) is 4.98. The van der Waals surface area contributed by atoms with E-state index in [4.69, 9.17) is 5.21 Å². The molecule has 0 fully saturated rings. The maximum atomic E-state index is 10.1. The summed E-state index contributed by atoms with van der Waals surface area (Å²) in [6.45, 7) is 3.86. The van der Waals surface area contributed by atoms with E-state index in [0.717, 1.165) is 23.1 Å². The number of phenolic OH excluding ortho intramolecular Hbond substituents is 1. The molecule has 0 radical (unpaired) electrons. The topological polar surface area (TPSA) is 52.8 Å². The quantitative estimate of drug-likeness (QED) is 0.485. The highest BCUT2D eigenvalue weighted by Crippen LogP contribution is 2.25. The van der Waals surface area contributed by atoms with Gasteiger partial charge in [0.25, 0.3) is 0 Å². The number of hydrogen-bond donors (Lipinski definition) is 2. The Morgan fingerprint density at radius 3 is 2.55 bits per heavy atom. The Hall–Kier alpha value is -2.55. The molecular formula is C19H21NO2. The van der Waals surface area contributed by atoms with E-state index in [1.165, 1.54) is 5.56 Å². The minimum Gasteiger partial charge on any atom is -0.507 e. The smallest absolute Gasteiger partial charge is 0.125 e. The van der Waals surface area contributed by atoms with Gasteiger partial charge in [-0.25, -0.2) is 0 Å². The van der Waals surface area contributed by atoms with Gasteiger partial charge in [0.1, 0.15) is 5.75 Å². The zero-order chi connectivity index (χ0) is 15.9. The summed E-state index contributed by atoms with van der Waals surface area (Å²) in [5.41, 5.74) is 4.44. The molecule has 0 aliphatic rings. The van der Waals surface area contributed by atoms with E-state index >= 15 is 0 Å². The van der Waals surface area contributed by atoms with Crippen LogP contribution < -0.4 is 0 Å². The molecule has 22 heavy (non-hydrogen) atoms. The Bertz CT molecular complexity index is 688. The summed E-state index contributed by atoms with van der Waals surface area (Å²) in [7, 11) is 0. The number of phenols is 1. The van der Waals surface area contributed by atoms with Gasteiger partial charge in [-0.2, -0.15) is 0 Å². The van der Waals surface area contributed by atoms with Gasteiger partial charge in [-0.15, -0.1) is 0 Å². The van der Waals surface area contributed by atoms with Gasteiger partial charge in [-0.05, 0) is 56.0 Å². The molecule has 0 saturated heterocycles. The molecule has 0 atom stereocenters. The third kappa shape index (κ3) is 4.22. The number of oxime groups is 1. The Kier molecular flexibility index (Phi) is 5.37. The van der Waals surface area contributed by atoms with Crippen LogP contribution >= 0.6 is 0 Å². The van der Waals surface area contributed by atoms with Crippen LogP contribution in [0.25, 0.3) is 6.08 Å². The second-order valence-corrected chi connectivity index (χ2v) is 5.43. The molecule has 3 heteroatoms. The molecule has 0 saturated carbocycles. The molecule has 3 nitrogen and oxygen atoms in total. The molecule has 0 aromatic heterocycles. The Labute approximate surface area is 131 Å². The van der Waals surface area contributed by atoms with Crippen molar-refractivity contribution in [3.05, 3.63) is 70.8 Å². The Morgan fingerprint density at radius 2 is 1.86 bits per heavy atom. The van der Waals surface area contributed by atoms with Crippen LogP contribution in [0, 0.1) is 13.8 Å². The van der Waals surface area contributed by atoms with E-state index in [1.54, 1.807) is 12.2 Å². The van der Waals surface area contributed by atoms with E-state index in [-0.39, 0.29) is 5.75 Å². The van der Waals surface area contributed by atoms with Crippen molar-refractivity contribution in [2.45, 2.75) is 26.7 Å². The first-order chi connectivity index (χ1) is 10.6. The molecule has 0 aliphatic heterocycles. The van der Waals surface area contributed by atoms with Crippen molar-refractivity contribution in [3.8, 4) is 5.75 Å². The van der Waals surface area contributed by atoms with Gasteiger partial charge in [-0.1, -0.05) is 47.1 Å². The minimum absolute atomic E-state index is 0.266. The van der Waals surface area contributed by atoms with Gasteiger partial charge in [-0.3, -0.25) is 0 Å². The molecule has 0 aliphatic carbocycles. The molecule has 2 aromatic rings. The molecular weight excluding hydrogens is 274 g/mol. The largest absolute Gasteiger partial charge is 0.507 e. The highest BCUT2D eigenvalue weighted by molar-refractivity contribution is 5.98. The zero-order valence-corrected chi connectivity index (χ0v) is 13.0. The number of rotatable bonds is 5. The van der Waals surface area contributed by atoms with E-state index in [9.17, 15) is 5.11 Å². The summed E-state index contributed by atoms with van der Waals surface area (Å²) < 4.78 is 0. The highest BCUT2D eigenvalue weighted by atomic mass is 16.4. The molecule has 2 N–H and O–H groups in total. The van der Waals surface area contributed by atoms with Crippen molar-refractivity contribution >= 4 is 11.8 Å². The molecule has 0 bridgehead atoms. The molecule has 0 amide bonds. The second kappa shape index (κ2) is 7.46. The lowest BCUT2D eigenvalue weighted by atomic mass is 10.0. The zero-order valence-electron chi connectivity index (χ0n) is 13.0. The van der Waals surface area contributed by atoms with Crippen LogP contribution in [0.15, 0.2) is 53.7 Å². The minimum atomic E-state index is 0.266. The number of aromatic hydroxyl groups is 1. The van der Waals surface area contributed by atoms with E-state index in [2.05, 4.69) is 17.3 Å². The number of hydrogen-bond acceptors (Lipinski definition) is 3. The summed E-state index contributed by atoms with van der Waals surface area (Å²) in [6, 6.07) is 13.9. The van der Waals surface area contributed by atoms with Crippen molar-refractivity contribution < 1.29 is 10.3 Å². The monoisotopic (exact) mass is 295 g/mol. The third-order valence-corrected chi connectivity index (χ3v) is 3.57. The van der Waals surface area contributed by atoms with Crippen LogP contribution in [-0.4, -0.2) is 16.0 Å². The van der Waals surface area contributed by atoms with E-state index < -0.39 is 0 Å². The van der Waals surface area contributed by atoms with Crippen LogP contribution in [0.5, 0.6) is 5.75 Å². The van der Waals surface area contributed by atoms with Crippen molar-refractivity contribution in [1.82, 2.24) is 0 Å². The molecule has 0 spiro atoms. The lowest BCUT2D eigenvalue weighted by Crippen LogP contribution is -1.97. The van der Waals surface area contributed by atoms with E-state index in [0.29, 0.717) is 12.1 Å². The van der Waals surface area contributed by atoms with Gasteiger partial charge in [0.2, 0.25) is 0 Å². The molecule has 114 valence electrons. The van der Waals surface area contributed by atoms with Gasteiger partial charge in [0, 0.05) is 5.56 Å². The fraction of sp³-hybridized carbons (Fsp3) is 0.211. The molecule has 2 aromatic carbocycles. The maximum Gasteiger partial charge on any atom is 0.125 e. The van der Waals surface area contributed by atoms with Crippen LogP contribution in [0.4, 0.5) is 0 Å². The summed E-state index contributed by atoms with van der Waals surface area (Å²) in [5, 5.41) is 22.5. The van der Waals surface area contributed by atoms with Gasteiger partial charge in [0.15, 0.2) is 0 Å². The first kappa shape index (κ1) is 15.8. The first-order valence-electron chi connectivity index (χ1n) is 7.33. The Balaban J connectivity index is 2.07. The number of allylic oxidation sites excluding steroid dienone is 1. The molecule has 0 heterocycles. The maximum absolute atomic E-state index is 10.1. The van der Waals surface area contributed by atoms with Crippen LogP contribution in [0.2, 0.25) is 0 Å². The van der Waals surface area contributed by atoms with E-state index in [1.807, 2.05) is 44.2 Å². The lowest BCUT2D eigenvalue weighted by Gasteiger charge is -2.05. The van der Waals surface area contributed by atoms with Crippen molar-refractivity contribution in [2.75, 3.05) is 0 Å². The van der Waals surface area contributed by atoms with Gasteiger partial charge in [0.05, 0.1) is 5.71 Å². The number of benzene rings is 2. The van der Waals surface area contributed by atoms with Crippen LogP contribution in [-0.2, 0) is 6.42 Å². The predicted octanol–water partition coefficient (Wildman–Crippen LogP) is 4.49. The van der Waals surface area contributed by atoms with Crippen molar-refractivity contribution in [1.29, 1.82) is 0 Å². The van der Waals surface area contributed by atoms with Crippen molar-refractivity contribution in [3.63, 3.8) is 0 Å². The highest BCUT2D eigenvalue weighted by Gasteiger charge is 2.04. The molecule has 2 rings (SSSR count). The first-order valence-corrected chi connectivity index (χ1v) is 7.33. The fourth-order valence-corrected chi connectivity index (χ4v) is 2.39. The van der Waals surface area contributed by atoms with Gasteiger partial charge < -0.3 is 10.3 Å². The SMILES string of the molecule is Cc1cc(C)c(O)c(C=C/C(CCc2ccccc2)=N/O)c1. The second-order valence-electron chi connectivity index (χ2n) is 5.43. The van der Waals surface area contributed by atoms with Crippen LogP contribution in [0.3, 0.4) is 0 Å². The number of aryl methyl sites for hydroxylation is 3.